The number of nitrogens with zero attached hydrogens (tertiary/aromatic N) is 2. The molecule has 4 N–H and O–H groups in total. The van der Waals surface area contributed by atoms with Crippen LogP contribution in [0.15, 0.2) is 58.7 Å². The lowest BCUT2D eigenvalue weighted by molar-refractivity contribution is -0.126. The van der Waals surface area contributed by atoms with E-state index in [2.05, 4.69) is 21.1 Å². The zero-order valence-electron chi connectivity index (χ0n) is 17.1. The second kappa shape index (κ2) is 11.4. The van der Waals surface area contributed by atoms with Crippen LogP contribution in [-0.4, -0.2) is 33.5 Å². The van der Waals surface area contributed by atoms with Crippen molar-refractivity contribution < 1.29 is 19.8 Å². The molecule has 158 valence electrons. The van der Waals surface area contributed by atoms with E-state index in [4.69, 9.17) is 0 Å². The molecule has 8 heteroatoms. The molecule has 0 aliphatic rings. The first-order valence-electron chi connectivity index (χ1n) is 9.72. The van der Waals surface area contributed by atoms with Crippen molar-refractivity contribution in [2.45, 2.75) is 39.5 Å². The fourth-order valence-electron chi connectivity index (χ4n) is 2.60. The molecule has 2 amide bonds. The summed E-state index contributed by atoms with van der Waals surface area (Å²) >= 11 is 0. The van der Waals surface area contributed by atoms with Gasteiger partial charge in [0.05, 0.1) is 11.4 Å². The number of phenols is 2. The van der Waals surface area contributed by atoms with Gasteiger partial charge in [-0.05, 0) is 72.5 Å². The van der Waals surface area contributed by atoms with E-state index in [1.54, 1.807) is 48.5 Å². The Kier molecular flexibility index (Phi) is 8.56. The maximum Gasteiger partial charge on any atom is 0.240 e. The minimum absolute atomic E-state index is 0.0297. The van der Waals surface area contributed by atoms with E-state index >= 15 is 0 Å². The molecule has 2 rings (SSSR count). The topological polar surface area (TPSA) is 123 Å². The molecule has 0 radical (unpaired) electrons. The second-order valence-electron chi connectivity index (χ2n) is 6.49. The number of hydrazone groups is 2. The molecular weight excluding hydrogens is 384 g/mol. The molecule has 0 heterocycles. The zero-order valence-corrected chi connectivity index (χ0v) is 17.1. The number of benzene rings is 2. The Hall–Kier alpha value is -3.68. The summed E-state index contributed by atoms with van der Waals surface area (Å²) in [4.78, 5) is 24.0. The molecule has 0 atom stereocenters. The van der Waals surface area contributed by atoms with Gasteiger partial charge < -0.3 is 10.2 Å². The van der Waals surface area contributed by atoms with Crippen molar-refractivity contribution in [1.82, 2.24) is 10.9 Å². The third kappa shape index (κ3) is 7.05. The van der Waals surface area contributed by atoms with Gasteiger partial charge >= 0.3 is 0 Å². The predicted octanol–water partition coefficient (Wildman–Crippen LogP) is 3.04. The summed E-state index contributed by atoms with van der Waals surface area (Å²) in [7, 11) is 0. The normalized spacial score (nSPS) is 11.8. The summed E-state index contributed by atoms with van der Waals surface area (Å²) in [6, 6.07) is 13.1. The van der Waals surface area contributed by atoms with Crippen LogP contribution < -0.4 is 10.9 Å². The van der Waals surface area contributed by atoms with Crippen LogP contribution in [-0.2, 0) is 9.59 Å². The van der Waals surface area contributed by atoms with Crippen molar-refractivity contribution in [3.63, 3.8) is 0 Å². The summed E-state index contributed by atoms with van der Waals surface area (Å²) in [6.45, 7) is 3.81. The van der Waals surface area contributed by atoms with Gasteiger partial charge in [-0.1, -0.05) is 13.8 Å². The van der Waals surface area contributed by atoms with E-state index in [9.17, 15) is 19.8 Å². The summed E-state index contributed by atoms with van der Waals surface area (Å²) in [6.07, 6.45) is 1.13. The van der Waals surface area contributed by atoms with Crippen LogP contribution in [0, 0.1) is 0 Å². The number of nitrogens with one attached hydrogen (secondary N) is 2. The molecule has 0 aliphatic heterocycles. The number of hydrogen-bond acceptors (Lipinski definition) is 6. The fourth-order valence-corrected chi connectivity index (χ4v) is 2.60. The molecule has 0 saturated heterocycles. The quantitative estimate of drug-likeness (QED) is 0.375. The average Bonchev–Trinajstić information content (AvgIpc) is 2.75. The van der Waals surface area contributed by atoms with Gasteiger partial charge in [0.15, 0.2) is 0 Å². The summed E-state index contributed by atoms with van der Waals surface area (Å²) < 4.78 is 0. The molecule has 0 aromatic heterocycles. The average molecular weight is 410 g/mol. The van der Waals surface area contributed by atoms with Crippen molar-refractivity contribution in [3.05, 3.63) is 59.7 Å². The van der Waals surface area contributed by atoms with Gasteiger partial charge in [0.2, 0.25) is 11.8 Å². The minimum atomic E-state index is -0.381. The first kappa shape index (κ1) is 22.6. The first-order valence-corrected chi connectivity index (χ1v) is 9.72. The number of carbonyl (C=O) groups excluding carboxylic acids is 2. The Morgan fingerprint density at radius 3 is 1.33 bits per heavy atom. The highest BCUT2D eigenvalue weighted by atomic mass is 16.3. The highest BCUT2D eigenvalue weighted by Gasteiger charge is 2.08. The number of amides is 2. The smallest absolute Gasteiger partial charge is 0.240 e. The van der Waals surface area contributed by atoms with Gasteiger partial charge in [0, 0.05) is 12.8 Å². The highest BCUT2D eigenvalue weighted by molar-refractivity contribution is 6.01. The van der Waals surface area contributed by atoms with Crippen molar-refractivity contribution in [3.8, 4) is 11.5 Å². The number of carbonyl (C=O) groups is 2. The molecule has 0 saturated carbocycles. The van der Waals surface area contributed by atoms with Crippen LogP contribution in [0.3, 0.4) is 0 Å². The second-order valence-corrected chi connectivity index (χ2v) is 6.49. The van der Waals surface area contributed by atoms with Crippen LogP contribution in [0.5, 0.6) is 11.5 Å². The molecule has 0 bridgehead atoms. The Morgan fingerprint density at radius 2 is 1.03 bits per heavy atom. The van der Waals surface area contributed by atoms with E-state index in [0.29, 0.717) is 24.3 Å². The number of phenolic OH excluding ortho intramolecular Hbond substituents is 2. The van der Waals surface area contributed by atoms with Gasteiger partial charge in [-0.2, -0.15) is 10.2 Å². The third-order valence-electron chi connectivity index (χ3n) is 4.28. The molecular formula is C22H26N4O4. The number of rotatable bonds is 9. The van der Waals surface area contributed by atoms with Gasteiger partial charge in [0.25, 0.3) is 0 Å². The Bertz CT molecular complexity index is 842. The van der Waals surface area contributed by atoms with E-state index in [-0.39, 0.29) is 36.2 Å². The lowest BCUT2D eigenvalue weighted by atomic mass is 10.1. The molecule has 30 heavy (non-hydrogen) atoms. The van der Waals surface area contributed by atoms with Gasteiger partial charge in [-0.25, -0.2) is 10.9 Å². The van der Waals surface area contributed by atoms with E-state index in [0.717, 1.165) is 11.1 Å². The monoisotopic (exact) mass is 410 g/mol. The lowest BCUT2D eigenvalue weighted by Gasteiger charge is -2.06. The van der Waals surface area contributed by atoms with E-state index in [1.165, 1.54) is 0 Å². The first-order chi connectivity index (χ1) is 14.4. The van der Waals surface area contributed by atoms with Crippen molar-refractivity contribution in [2.75, 3.05) is 0 Å². The van der Waals surface area contributed by atoms with E-state index < -0.39 is 0 Å². The molecule has 0 unspecified atom stereocenters. The van der Waals surface area contributed by atoms with Crippen molar-refractivity contribution >= 4 is 23.2 Å². The maximum atomic E-state index is 12.0. The highest BCUT2D eigenvalue weighted by Crippen LogP contribution is 2.12. The summed E-state index contributed by atoms with van der Waals surface area (Å²) in [5.74, 6) is -0.451. The largest absolute Gasteiger partial charge is 0.508 e. The molecule has 2 aromatic rings. The van der Waals surface area contributed by atoms with Crippen LogP contribution in [0.1, 0.15) is 50.7 Å². The zero-order chi connectivity index (χ0) is 21.9. The van der Waals surface area contributed by atoms with Crippen LogP contribution >= 0.6 is 0 Å². The molecule has 8 nitrogen and oxygen atoms in total. The van der Waals surface area contributed by atoms with Crippen LogP contribution in [0.25, 0.3) is 0 Å². The Morgan fingerprint density at radius 1 is 0.700 bits per heavy atom. The van der Waals surface area contributed by atoms with Crippen LogP contribution in [0.4, 0.5) is 0 Å². The van der Waals surface area contributed by atoms with Crippen LogP contribution in [0.2, 0.25) is 0 Å². The minimum Gasteiger partial charge on any atom is -0.508 e. The summed E-state index contributed by atoms with van der Waals surface area (Å²) in [5.41, 5.74) is 7.83. The van der Waals surface area contributed by atoms with Gasteiger partial charge in [-0.3, -0.25) is 9.59 Å². The van der Waals surface area contributed by atoms with Crippen molar-refractivity contribution in [1.29, 1.82) is 0 Å². The molecule has 0 spiro atoms. The SMILES string of the molecule is CC/C(=N/NC(=O)CCC(=O)N/N=C(\CC)c1ccc(O)cc1)c1ccc(O)cc1. The standard InChI is InChI=1S/C22H26N4O4/c1-3-19(15-5-9-17(27)10-6-15)23-25-21(29)13-14-22(30)26-24-20(4-2)16-7-11-18(28)12-8-16/h5-12,27-28H,3-4,13-14H2,1-2H3,(H,25,29)(H,26,30)/b23-19-,24-20+. The van der Waals surface area contributed by atoms with E-state index in [1.807, 2.05) is 13.8 Å². The van der Waals surface area contributed by atoms with Gasteiger partial charge in [-0.15, -0.1) is 0 Å². The molecule has 2 aromatic carbocycles. The van der Waals surface area contributed by atoms with Gasteiger partial charge in [0.1, 0.15) is 11.5 Å². The number of hydrogen-bond donors (Lipinski definition) is 4. The predicted molar refractivity (Wildman–Crippen MR) is 115 cm³/mol. The number of aromatic hydroxyl groups is 2. The Labute approximate surface area is 175 Å². The van der Waals surface area contributed by atoms with Crippen molar-refractivity contribution in [2.24, 2.45) is 10.2 Å². The Balaban J connectivity index is 1.85. The summed E-state index contributed by atoms with van der Waals surface area (Å²) in [5, 5.41) is 26.9. The molecule has 0 fully saturated rings. The third-order valence-corrected chi connectivity index (χ3v) is 4.28. The maximum absolute atomic E-state index is 12.0. The fraction of sp³-hybridized carbons (Fsp3) is 0.273. The molecule has 0 aliphatic carbocycles. The lowest BCUT2D eigenvalue weighted by Crippen LogP contribution is -2.24.